The van der Waals surface area contributed by atoms with Crippen molar-refractivity contribution in [1.82, 2.24) is 10.2 Å². The van der Waals surface area contributed by atoms with Gasteiger partial charge in [-0.2, -0.15) is 0 Å². The highest BCUT2D eigenvalue weighted by Crippen LogP contribution is 2.15. The van der Waals surface area contributed by atoms with Crippen LogP contribution < -0.4 is 5.32 Å². The van der Waals surface area contributed by atoms with Crippen LogP contribution in [-0.4, -0.2) is 44.8 Å². The Labute approximate surface area is 114 Å². The van der Waals surface area contributed by atoms with E-state index < -0.39 is 0 Å². The molecule has 0 aliphatic carbocycles. The third-order valence-corrected chi connectivity index (χ3v) is 4.34. The molecule has 0 amide bonds. The Kier molecular flexibility index (Phi) is 6.14. The molecule has 1 saturated heterocycles. The molecule has 0 radical (unpaired) electrons. The van der Waals surface area contributed by atoms with Crippen LogP contribution in [0.2, 0.25) is 0 Å². The first-order valence-corrected chi connectivity index (χ1v) is 7.72. The minimum absolute atomic E-state index is 0.834. The Hall–Kier alpha value is -0.420. The van der Waals surface area contributed by atoms with Gasteiger partial charge in [-0.3, -0.25) is 0 Å². The molecular formula is C14H24N2OS. The standard InChI is InChI=1S/C14H24N2OS/c1-16(12-13-4-8-17-9-5-13)7-6-15-11-14-3-2-10-18-14/h2-3,10,13,15H,4-9,11-12H2,1H3. The van der Waals surface area contributed by atoms with E-state index in [1.54, 1.807) is 0 Å². The summed E-state index contributed by atoms with van der Waals surface area (Å²) in [5.74, 6) is 0.834. The molecule has 1 N–H and O–H groups in total. The predicted molar refractivity (Wildman–Crippen MR) is 77.1 cm³/mol. The van der Waals surface area contributed by atoms with Gasteiger partial charge in [-0.1, -0.05) is 6.07 Å². The molecule has 0 bridgehead atoms. The zero-order chi connectivity index (χ0) is 12.6. The zero-order valence-corrected chi connectivity index (χ0v) is 12.0. The van der Waals surface area contributed by atoms with E-state index in [4.69, 9.17) is 4.74 Å². The lowest BCUT2D eigenvalue weighted by Gasteiger charge is -2.27. The molecule has 18 heavy (non-hydrogen) atoms. The Balaban J connectivity index is 1.52. The molecule has 3 nitrogen and oxygen atoms in total. The second-order valence-electron chi connectivity index (χ2n) is 5.07. The molecule has 1 aromatic rings. The van der Waals surface area contributed by atoms with Crippen molar-refractivity contribution >= 4 is 11.3 Å². The lowest BCUT2D eigenvalue weighted by Crippen LogP contribution is -2.34. The van der Waals surface area contributed by atoms with Crippen molar-refractivity contribution in [3.8, 4) is 0 Å². The monoisotopic (exact) mass is 268 g/mol. The van der Waals surface area contributed by atoms with Crippen LogP contribution in [0, 0.1) is 5.92 Å². The van der Waals surface area contributed by atoms with Crippen LogP contribution in [0.1, 0.15) is 17.7 Å². The first kappa shape index (κ1) is 14.0. The summed E-state index contributed by atoms with van der Waals surface area (Å²) in [5.41, 5.74) is 0. The zero-order valence-electron chi connectivity index (χ0n) is 11.2. The van der Waals surface area contributed by atoms with Crippen molar-refractivity contribution in [2.24, 2.45) is 5.92 Å². The smallest absolute Gasteiger partial charge is 0.0469 e. The molecule has 0 atom stereocenters. The second-order valence-corrected chi connectivity index (χ2v) is 6.11. The summed E-state index contributed by atoms with van der Waals surface area (Å²) in [6, 6.07) is 4.29. The molecule has 2 heterocycles. The summed E-state index contributed by atoms with van der Waals surface area (Å²) in [6.07, 6.45) is 2.46. The highest BCUT2D eigenvalue weighted by atomic mass is 32.1. The van der Waals surface area contributed by atoms with E-state index in [0.717, 1.165) is 38.8 Å². The van der Waals surface area contributed by atoms with E-state index in [1.807, 2.05) is 11.3 Å². The van der Waals surface area contributed by atoms with Crippen molar-refractivity contribution in [1.29, 1.82) is 0 Å². The normalized spacial score (nSPS) is 17.4. The lowest BCUT2D eigenvalue weighted by atomic mass is 10.00. The first-order valence-electron chi connectivity index (χ1n) is 6.84. The summed E-state index contributed by atoms with van der Waals surface area (Å²) in [4.78, 5) is 3.86. The highest BCUT2D eigenvalue weighted by Gasteiger charge is 2.15. The van der Waals surface area contributed by atoms with Gasteiger partial charge in [0.2, 0.25) is 0 Å². The average molecular weight is 268 g/mol. The van der Waals surface area contributed by atoms with Crippen LogP contribution in [0.4, 0.5) is 0 Å². The maximum Gasteiger partial charge on any atom is 0.0469 e. The Morgan fingerprint density at radius 2 is 2.28 bits per heavy atom. The third-order valence-electron chi connectivity index (χ3n) is 3.46. The fourth-order valence-electron chi connectivity index (χ4n) is 2.36. The number of nitrogens with one attached hydrogen (secondary N) is 1. The van der Waals surface area contributed by atoms with Gasteiger partial charge in [0.05, 0.1) is 0 Å². The maximum atomic E-state index is 5.39. The van der Waals surface area contributed by atoms with E-state index in [2.05, 4.69) is 34.8 Å². The molecule has 0 aromatic carbocycles. The summed E-state index contributed by atoms with van der Waals surface area (Å²) in [6.45, 7) is 6.32. The fraction of sp³-hybridized carbons (Fsp3) is 0.714. The Morgan fingerprint density at radius 3 is 3.00 bits per heavy atom. The lowest BCUT2D eigenvalue weighted by molar-refractivity contribution is 0.0558. The van der Waals surface area contributed by atoms with Gasteiger partial charge in [-0.25, -0.2) is 0 Å². The average Bonchev–Trinajstić information content (AvgIpc) is 2.89. The minimum Gasteiger partial charge on any atom is -0.381 e. The van der Waals surface area contributed by atoms with E-state index in [0.29, 0.717) is 0 Å². The second kappa shape index (κ2) is 7.89. The van der Waals surface area contributed by atoms with Gasteiger partial charge in [0.15, 0.2) is 0 Å². The van der Waals surface area contributed by atoms with Crippen molar-refractivity contribution in [2.75, 3.05) is 39.9 Å². The van der Waals surface area contributed by atoms with Gasteiger partial charge in [-0.05, 0) is 37.3 Å². The van der Waals surface area contributed by atoms with Crippen LogP contribution in [0.3, 0.4) is 0 Å². The van der Waals surface area contributed by atoms with E-state index in [9.17, 15) is 0 Å². The molecule has 1 fully saturated rings. The van der Waals surface area contributed by atoms with Crippen molar-refractivity contribution in [3.05, 3.63) is 22.4 Å². The van der Waals surface area contributed by atoms with Gasteiger partial charge in [0, 0.05) is 44.3 Å². The molecule has 0 spiro atoms. The van der Waals surface area contributed by atoms with Gasteiger partial charge in [-0.15, -0.1) is 11.3 Å². The first-order chi connectivity index (χ1) is 8.84. The molecule has 4 heteroatoms. The maximum absolute atomic E-state index is 5.39. The quantitative estimate of drug-likeness (QED) is 0.767. The SMILES string of the molecule is CN(CCNCc1cccs1)CC1CCOCC1. The Morgan fingerprint density at radius 1 is 1.44 bits per heavy atom. The molecule has 2 rings (SSSR count). The number of rotatable bonds is 7. The van der Waals surface area contributed by atoms with E-state index >= 15 is 0 Å². The van der Waals surface area contributed by atoms with Crippen molar-refractivity contribution in [2.45, 2.75) is 19.4 Å². The predicted octanol–water partition coefficient (Wildman–Crippen LogP) is 2.20. The van der Waals surface area contributed by atoms with Crippen LogP contribution in [0.5, 0.6) is 0 Å². The molecule has 0 unspecified atom stereocenters. The summed E-state index contributed by atoms with van der Waals surface area (Å²) in [7, 11) is 2.22. The number of hydrogen-bond donors (Lipinski definition) is 1. The fourth-order valence-corrected chi connectivity index (χ4v) is 3.03. The number of nitrogens with zero attached hydrogens (tertiary/aromatic N) is 1. The number of ether oxygens (including phenoxy) is 1. The molecule has 1 aromatic heterocycles. The summed E-state index contributed by atoms with van der Waals surface area (Å²) < 4.78 is 5.39. The van der Waals surface area contributed by atoms with E-state index in [1.165, 1.54) is 24.3 Å². The van der Waals surface area contributed by atoms with Gasteiger partial charge in [0.1, 0.15) is 0 Å². The molecule has 1 aliphatic heterocycles. The summed E-state index contributed by atoms with van der Waals surface area (Å²) >= 11 is 1.82. The Bertz CT molecular complexity index is 310. The molecule has 1 aliphatic rings. The minimum atomic E-state index is 0.834. The summed E-state index contributed by atoms with van der Waals surface area (Å²) in [5, 5.41) is 5.63. The molecular weight excluding hydrogens is 244 g/mol. The largest absolute Gasteiger partial charge is 0.381 e. The number of thiophene rings is 1. The van der Waals surface area contributed by atoms with Crippen LogP contribution >= 0.6 is 11.3 Å². The van der Waals surface area contributed by atoms with Gasteiger partial charge < -0.3 is 15.0 Å². The molecule has 102 valence electrons. The van der Waals surface area contributed by atoms with E-state index in [-0.39, 0.29) is 0 Å². The number of likely N-dealkylation sites (N-methyl/N-ethyl adjacent to an activating group) is 1. The van der Waals surface area contributed by atoms with Crippen LogP contribution in [0.15, 0.2) is 17.5 Å². The number of hydrogen-bond acceptors (Lipinski definition) is 4. The van der Waals surface area contributed by atoms with Crippen molar-refractivity contribution in [3.63, 3.8) is 0 Å². The van der Waals surface area contributed by atoms with Gasteiger partial charge in [0.25, 0.3) is 0 Å². The van der Waals surface area contributed by atoms with Crippen LogP contribution in [-0.2, 0) is 11.3 Å². The van der Waals surface area contributed by atoms with Crippen LogP contribution in [0.25, 0.3) is 0 Å². The van der Waals surface area contributed by atoms with Gasteiger partial charge >= 0.3 is 0 Å². The van der Waals surface area contributed by atoms with Crippen molar-refractivity contribution < 1.29 is 4.74 Å². The third kappa shape index (κ3) is 5.06. The molecule has 0 saturated carbocycles. The highest BCUT2D eigenvalue weighted by molar-refractivity contribution is 7.09. The topological polar surface area (TPSA) is 24.5 Å².